The third-order valence-electron chi connectivity index (χ3n) is 9.88. The van der Waals surface area contributed by atoms with Gasteiger partial charge in [0, 0.05) is 12.4 Å². The summed E-state index contributed by atoms with van der Waals surface area (Å²) in [5.41, 5.74) is 6.03. The SMILES string of the molecule is CC(C)CC[C@]1(c2ccc(F)cc2)N=C(N)N(C(CC2CCCC2)c2ccc(C(F)(F)F)c(C(=O)N3Cc4nccnc4C3)c2)C1O. The minimum absolute atomic E-state index is 0.0495. The number of carbonyl (C=O) groups is 1. The summed E-state index contributed by atoms with van der Waals surface area (Å²) in [6.45, 7) is 4.21. The molecule has 8 nitrogen and oxygen atoms in total. The van der Waals surface area contributed by atoms with Crippen molar-refractivity contribution in [3.05, 3.63) is 94.3 Å². The zero-order valence-electron chi connectivity index (χ0n) is 26.6. The van der Waals surface area contributed by atoms with Crippen molar-refractivity contribution in [2.45, 2.75) is 95.9 Å². The number of hydrogen-bond donors (Lipinski definition) is 2. The number of aliphatic hydroxyl groups excluding tert-OH is 1. The molecule has 0 radical (unpaired) electrons. The van der Waals surface area contributed by atoms with Crippen LogP contribution < -0.4 is 5.73 Å². The van der Waals surface area contributed by atoms with E-state index >= 15 is 0 Å². The standard InChI is InChI=1S/C35H40F4N6O2/c1-21(2)13-14-34(24-8-10-25(36)11-9-24)32(47)45(33(40)43-34)30(17-22-5-3-4-6-22)23-7-12-27(35(37,38)39)26(18-23)31(46)44-19-28-29(20-44)42-16-15-41-28/h7-12,15-16,18,21-22,30,32,47H,3-6,13-14,17,19-20H2,1-2H3,(H2,40,43)/t30?,32?,34-/m1/s1. The van der Waals surface area contributed by atoms with Crippen LogP contribution >= 0.6 is 0 Å². The van der Waals surface area contributed by atoms with E-state index in [9.17, 15) is 27.5 Å². The topological polar surface area (TPSA) is 108 Å². The van der Waals surface area contributed by atoms with Crippen molar-refractivity contribution < 1.29 is 27.5 Å². The molecule has 1 aromatic heterocycles. The van der Waals surface area contributed by atoms with E-state index in [1.807, 2.05) is 0 Å². The fourth-order valence-corrected chi connectivity index (χ4v) is 7.35. The number of aromatic nitrogens is 2. The van der Waals surface area contributed by atoms with Gasteiger partial charge in [-0.05, 0) is 66.5 Å². The summed E-state index contributed by atoms with van der Waals surface area (Å²) in [5, 5.41) is 12.2. The van der Waals surface area contributed by atoms with Gasteiger partial charge < -0.3 is 20.6 Å². The molecule has 2 aliphatic heterocycles. The van der Waals surface area contributed by atoms with E-state index in [1.165, 1.54) is 41.6 Å². The average Bonchev–Trinajstić information content (AvgIpc) is 3.77. The largest absolute Gasteiger partial charge is 0.417 e. The number of halogens is 4. The summed E-state index contributed by atoms with van der Waals surface area (Å²) >= 11 is 0. The highest BCUT2D eigenvalue weighted by Crippen LogP contribution is 2.47. The van der Waals surface area contributed by atoms with Gasteiger partial charge in [-0.1, -0.05) is 57.7 Å². The Kier molecular flexibility index (Phi) is 8.99. The highest BCUT2D eigenvalue weighted by Gasteiger charge is 2.51. The highest BCUT2D eigenvalue weighted by atomic mass is 19.4. The smallest absolute Gasteiger partial charge is 0.371 e. The lowest BCUT2D eigenvalue weighted by Crippen LogP contribution is -2.49. The first kappa shape index (κ1) is 32.9. The summed E-state index contributed by atoms with van der Waals surface area (Å²) in [7, 11) is 0. The predicted octanol–water partition coefficient (Wildman–Crippen LogP) is 6.69. The van der Waals surface area contributed by atoms with Crippen LogP contribution in [0.1, 0.15) is 103 Å². The van der Waals surface area contributed by atoms with E-state index in [0.717, 1.165) is 31.7 Å². The number of aliphatic hydroxyl groups is 1. The molecule has 6 rings (SSSR count). The lowest BCUT2D eigenvalue weighted by molar-refractivity contribution is -0.138. The maximum absolute atomic E-state index is 14.4. The van der Waals surface area contributed by atoms with Crippen molar-refractivity contribution in [1.82, 2.24) is 19.8 Å². The molecule has 1 aliphatic carbocycles. The van der Waals surface area contributed by atoms with E-state index in [-0.39, 0.29) is 30.9 Å². The Morgan fingerprint density at radius 3 is 2.28 bits per heavy atom. The van der Waals surface area contributed by atoms with Gasteiger partial charge in [-0.15, -0.1) is 0 Å². The molecule has 2 aromatic carbocycles. The minimum atomic E-state index is -4.78. The maximum atomic E-state index is 14.4. The van der Waals surface area contributed by atoms with E-state index in [0.29, 0.717) is 41.8 Å². The number of hydrogen-bond acceptors (Lipinski definition) is 7. The molecule has 47 heavy (non-hydrogen) atoms. The first-order chi connectivity index (χ1) is 22.4. The van der Waals surface area contributed by atoms with E-state index < -0.39 is 46.8 Å². The Hall–Kier alpha value is -4.06. The summed E-state index contributed by atoms with van der Waals surface area (Å²) < 4.78 is 57.2. The number of nitrogens with two attached hydrogens (primary N) is 1. The molecule has 12 heteroatoms. The monoisotopic (exact) mass is 652 g/mol. The van der Waals surface area contributed by atoms with E-state index in [1.54, 1.807) is 17.0 Å². The Bertz CT molecular complexity index is 1610. The highest BCUT2D eigenvalue weighted by molar-refractivity contribution is 5.96. The number of benzene rings is 2. The van der Waals surface area contributed by atoms with Gasteiger partial charge in [0.25, 0.3) is 5.91 Å². The minimum Gasteiger partial charge on any atom is -0.371 e. The Labute approximate surface area is 271 Å². The lowest BCUT2D eigenvalue weighted by Gasteiger charge is -2.39. The van der Waals surface area contributed by atoms with Crippen LogP contribution in [0.15, 0.2) is 59.9 Å². The zero-order chi connectivity index (χ0) is 33.5. The van der Waals surface area contributed by atoms with Gasteiger partial charge in [0.1, 0.15) is 11.4 Å². The molecule has 1 amide bonds. The first-order valence-corrected chi connectivity index (χ1v) is 16.2. The normalized spacial score (nSPS) is 22.2. The molecule has 0 spiro atoms. The van der Waals surface area contributed by atoms with Crippen molar-refractivity contribution in [2.24, 2.45) is 22.6 Å². The number of nitrogens with zero attached hydrogens (tertiary/aromatic N) is 5. The summed E-state index contributed by atoms with van der Waals surface area (Å²) in [5.74, 6) is -0.649. The molecule has 3 atom stereocenters. The molecule has 1 saturated carbocycles. The van der Waals surface area contributed by atoms with Gasteiger partial charge in [-0.25, -0.2) is 9.38 Å². The zero-order valence-corrected chi connectivity index (χ0v) is 26.6. The van der Waals surface area contributed by atoms with Crippen LogP contribution in [0, 0.1) is 17.7 Å². The van der Waals surface area contributed by atoms with Crippen LogP contribution in [-0.2, 0) is 24.8 Å². The molecule has 1 fully saturated rings. The second kappa shape index (κ2) is 12.9. The number of alkyl halides is 3. The number of aliphatic imine (C=N–C) groups is 1. The van der Waals surface area contributed by atoms with Gasteiger partial charge >= 0.3 is 6.18 Å². The molecular weight excluding hydrogens is 612 g/mol. The van der Waals surface area contributed by atoms with Crippen LogP contribution in [0.25, 0.3) is 0 Å². The van der Waals surface area contributed by atoms with E-state index in [4.69, 9.17) is 10.7 Å². The maximum Gasteiger partial charge on any atom is 0.417 e. The molecule has 0 saturated heterocycles. The fraction of sp³-hybridized carbons (Fsp3) is 0.486. The average molecular weight is 653 g/mol. The van der Waals surface area contributed by atoms with Gasteiger partial charge in [0.05, 0.1) is 41.6 Å². The molecule has 0 bridgehead atoms. The molecule has 250 valence electrons. The molecule has 3 aromatic rings. The number of rotatable bonds is 9. The molecule has 3 aliphatic rings. The quantitative estimate of drug-likeness (QED) is 0.250. The van der Waals surface area contributed by atoms with Crippen molar-refractivity contribution in [3.8, 4) is 0 Å². The molecule has 3 N–H and O–H groups in total. The van der Waals surface area contributed by atoms with Crippen LogP contribution in [0.4, 0.5) is 17.6 Å². The second-order valence-electron chi connectivity index (χ2n) is 13.4. The Morgan fingerprint density at radius 1 is 1.04 bits per heavy atom. The fourth-order valence-electron chi connectivity index (χ4n) is 7.35. The molecule has 3 heterocycles. The van der Waals surface area contributed by atoms with Crippen molar-refractivity contribution in [3.63, 3.8) is 0 Å². The second-order valence-corrected chi connectivity index (χ2v) is 13.4. The number of amides is 1. The van der Waals surface area contributed by atoms with Gasteiger partial charge in [-0.2, -0.15) is 13.2 Å². The van der Waals surface area contributed by atoms with Gasteiger partial charge in [0.15, 0.2) is 12.2 Å². The summed E-state index contributed by atoms with van der Waals surface area (Å²) in [6.07, 6.45) is 2.45. The summed E-state index contributed by atoms with van der Waals surface area (Å²) in [6, 6.07) is 8.79. The predicted molar refractivity (Wildman–Crippen MR) is 168 cm³/mol. The van der Waals surface area contributed by atoms with Crippen molar-refractivity contribution in [1.29, 1.82) is 0 Å². The molecule has 2 unspecified atom stereocenters. The first-order valence-electron chi connectivity index (χ1n) is 16.2. The van der Waals surface area contributed by atoms with E-state index in [2.05, 4.69) is 23.8 Å². The van der Waals surface area contributed by atoms with Crippen LogP contribution in [0.2, 0.25) is 0 Å². The summed E-state index contributed by atoms with van der Waals surface area (Å²) in [4.78, 5) is 30.1. The molecular formula is C35H40F4N6O2. The van der Waals surface area contributed by atoms with Crippen LogP contribution in [-0.4, -0.2) is 43.0 Å². The Balaban J connectivity index is 1.42. The van der Waals surface area contributed by atoms with Gasteiger partial charge in [-0.3, -0.25) is 14.8 Å². The third-order valence-corrected chi connectivity index (χ3v) is 9.88. The van der Waals surface area contributed by atoms with Gasteiger partial charge in [0.2, 0.25) is 0 Å². The number of carbonyl (C=O) groups excluding carboxylic acids is 1. The van der Waals surface area contributed by atoms with Crippen LogP contribution in [0.5, 0.6) is 0 Å². The van der Waals surface area contributed by atoms with Crippen molar-refractivity contribution >= 4 is 11.9 Å². The third kappa shape index (κ3) is 6.44. The lowest BCUT2D eigenvalue weighted by atomic mass is 9.81. The number of guanidine groups is 1. The van der Waals surface area contributed by atoms with Crippen molar-refractivity contribution in [2.75, 3.05) is 0 Å². The Morgan fingerprint density at radius 2 is 1.68 bits per heavy atom. The number of fused-ring (bicyclic) bond motifs is 1. The van der Waals surface area contributed by atoms with Crippen LogP contribution in [0.3, 0.4) is 0 Å².